The Morgan fingerprint density at radius 1 is 1.12 bits per heavy atom. The molecule has 2 aromatic heterocycles. The Hall–Kier alpha value is -4.21. The SMILES string of the molecule is Cc1cc(C(=O)O)ccc1-c1ccc(C2C(c3ccccn3)NC(=S)N2c2ccc(NC(=O)C(C)C)c(Cl)c2)o1. The molecule has 0 bridgehead atoms. The van der Waals surface area contributed by atoms with E-state index in [-0.39, 0.29) is 23.4 Å². The molecule has 0 spiro atoms. The van der Waals surface area contributed by atoms with E-state index < -0.39 is 12.0 Å². The number of benzene rings is 2. The largest absolute Gasteiger partial charge is 0.478 e. The lowest BCUT2D eigenvalue weighted by molar-refractivity contribution is -0.118. The summed E-state index contributed by atoms with van der Waals surface area (Å²) in [6.45, 7) is 5.47. The smallest absolute Gasteiger partial charge is 0.335 e. The van der Waals surface area contributed by atoms with E-state index in [4.69, 9.17) is 28.2 Å². The monoisotopic (exact) mass is 574 g/mol. The number of hydrogen-bond acceptors (Lipinski definition) is 5. The normalized spacial score (nSPS) is 16.7. The lowest BCUT2D eigenvalue weighted by Gasteiger charge is -2.26. The second-order valence-electron chi connectivity index (χ2n) is 9.84. The van der Waals surface area contributed by atoms with E-state index in [1.54, 1.807) is 36.5 Å². The maximum absolute atomic E-state index is 12.2. The minimum absolute atomic E-state index is 0.129. The molecule has 0 aliphatic carbocycles. The van der Waals surface area contributed by atoms with E-state index in [2.05, 4.69) is 15.6 Å². The van der Waals surface area contributed by atoms with E-state index in [9.17, 15) is 14.7 Å². The van der Waals surface area contributed by atoms with Crippen molar-refractivity contribution in [2.24, 2.45) is 5.92 Å². The number of rotatable bonds is 7. The Kier molecular flexibility index (Phi) is 7.60. The first kappa shape index (κ1) is 27.4. The Balaban J connectivity index is 1.55. The number of furan rings is 1. The summed E-state index contributed by atoms with van der Waals surface area (Å²) in [5.74, 6) is -0.0648. The van der Waals surface area contributed by atoms with Gasteiger partial charge in [-0.3, -0.25) is 9.78 Å². The van der Waals surface area contributed by atoms with Crippen LogP contribution in [0.2, 0.25) is 5.02 Å². The fraction of sp³-hybridized carbons (Fsp3) is 0.200. The van der Waals surface area contributed by atoms with Crippen LogP contribution in [0.4, 0.5) is 11.4 Å². The number of anilines is 2. The number of carboxylic acids is 1. The summed E-state index contributed by atoms with van der Waals surface area (Å²) in [5, 5.41) is 16.4. The van der Waals surface area contributed by atoms with Gasteiger partial charge in [0, 0.05) is 23.4 Å². The third-order valence-electron chi connectivity index (χ3n) is 6.77. The number of halogens is 1. The highest BCUT2D eigenvalue weighted by molar-refractivity contribution is 7.80. The van der Waals surface area contributed by atoms with Crippen LogP contribution in [0.5, 0.6) is 0 Å². The van der Waals surface area contributed by atoms with Gasteiger partial charge in [0.25, 0.3) is 0 Å². The first-order valence-corrected chi connectivity index (χ1v) is 13.5. The van der Waals surface area contributed by atoms with Crippen molar-refractivity contribution in [3.8, 4) is 11.3 Å². The predicted molar refractivity (Wildman–Crippen MR) is 159 cm³/mol. The molecular formula is C30H27ClN4O4S. The number of nitrogens with one attached hydrogen (secondary N) is 2. The fourth-order valence-corrected chi connectivity index (χ4v) is 5.25. The van der Waals surface area contributed by atoms with Crippen LogP contribution in [0.25, 0.3) is 11.3 Å². The highest BCUT2D eigenvalue weighted by atomic mass is 35.5. The molecule has 0 saturated carbocycles. The standard InChI is InChI=1S/C30H27ClN4O4S/c1-16(2)28(36)33-22-10-8-19(15-21(22)31)35-27(26(34-30(35)40)23-6-4-5-13-32-23)25-12-11-24(39-25)20-9-7-18(29(37)38)14-17(20)3/h4-16,26-27H,1-3H3,(H,33,36)(H,34,40)(H,37,38). The van der Waals surface area contributed by atoms with E-state index in [0.29, 0.717) is 33.0 Å². The molecule has 8 nitrogen and oxygen atoms in total. The van der Waals surface area contributed by atoms with Crippen LogP contribution in [-0.4, -0.2) is 27.1 Å². The van der Waals surface area contributed by atoms with Crippen molar-refractivity contribution in [2.45, 2.75) is 32.9 Å². The molecule has 1 aliphatic heterocycles. The number of amides is 1. The maximum Gasteiger partial charge on any atom is 0.335 e. The average Bonchev–Trinajstić information content (AvgIpc) is 3.54. The molecule has 2 atom stereocenters. The molecule has 2 unspecified atom stereocenters. The first-order chi connectivity index (χ1) is 19.1. The summed E-state index contributed by atoms with van der Waals surface area (Å²) >= 11 is 12.4. The third-order valence-corrected chi connectivity index (χ3v) is 7.40. The van der Waals surface area contributed by atoms with Crippen LogP contribution in [0.15, 0.2) is 77.3 Å². The Bertz CT molecular complexity index is 1600. The summed E-state index contributed by atoms with van der Waals surface area (Å²) in [7, 11) is 0. The van der Waals surface area contributed by atoms with Crippen LogP contribution in [-0.2, 0) is 4.79 Å². The van der Waals surface area contributed by atoms with E-state index in [0.717, 1.165) is 16.8 Å². The van der Waals surface area contributed by atoms with Crippen molar-refractivity contribution in [2.75, 3.05) is 10.2 Å². The summed E-state index contributed by atoms with van der Waals surface area (Å²) in [6, 6.07) is 19.0. The topological polar surface area (TPSA) is 108 Å². The molecule has 3 N–H and O–H groups in total. The molecule has 1 fully saturated rings. The van der Waals surface area contributed by atoms with Crippen molar-refractivity contribution in [3.05, 3.63) is 101 Å². The maximum atomic E-state index is 12.2. The second kappa shape index (κ2) is 11.1. The van der Waals surface area contributed by atoms with Gasteiger partial charge in [0.1, 0.15) is 17.6 Å². The van der Waals surface area contributed by atoms with Gasteiger partial charge in [-0.05, 0) is 79.3 Å². The van der Waals surface area contributed by atoms with Gasteiger partial charge in [-0.25, -0.2) is 4.79 Å². The zero-order valence-electron chi connectivity index (χ0n) is 22.0. The summed E-state index contributed by atoms with van der Waals surface area (Å²) < 4.78 is 6.41. The number of aromatic carboxylic acids is 1. The number of hydrogen-bond donors (Lipinski definition) is 3. The molecule has 2 aromatic carbocycles. The molecule has 3 heterocycles. The molecule has 10 heteroatoms. The number of carbonyl (C=O) groups excluding carboxylic acids is 1. The quantitative estimate of drug-likeness (QED) is 0.207. The van der Waals surface area contributed by atoms with Crippen molar-refractivity contribution in [1.82, 2.24) is 10.3 Å². The van der Waals surface area contributed by atoms with Gasteiger partial charge >= 0.3 is 5.97 Å². The van der Waals surface area contributed by atoms with Crippen LogP contribution in [0, 0.1) is 12.8 Å². The lowest BCUT2D eigenvalue weighted by Crippen LogP contribution is -2.29. The zero-order valence-corrected chi connectivity index (χ0v) is 23.6. The Morgan fingerprint density at radius 2 is 1.93 bits per heavy atom. The minimum Gasteiger partial charge on any atom is -0.478 e. The molecule has 4 aromatic rings. The molecule has 5 rings (SSSR count). The highest BCUT2D eigenvalue weighted by Crippen LogP contribution is 2.44. The number of nitrogens with zero attached hydrogens (tertiary/aromatic N) is 2. The van der Waals surface area contributed by atoms with Crippen molar-refractivity contribution < 1.29 is 19.1 Å². The first-order valence-electron chi connectivity index (χ1n) is 12.7. The number of aromatic nitrogens is 1. The van der Waals surface area contributed by atoms with Gasteiger partial charge < -0.3 is 25.1 Å². The summed E-state index contributed by atoms with van der Waals surface area (Å²) in [4.78, 5) is 30.1. The van der Waals surface area contributed by atoms with Gasteiger partial charge in [0.05, 0.1) is 28.0 Å². The summed E-state index contributed by atoms with van der Waals surface area (Å²) in [5.41, 5.74) is 3.80. The van der Waals surface area contributed by atoms with E-state index in [1.807, 2.05) is 62.1 Å². The highest BCUT2D eigenvalue weighted by Gasteiger charge is 2.42. The summed E-state index contributed by atoms with van der Waals surface area (Å²) in [6.07, 6.45) is 1.73. The Morgan fingerprint density at radius 3 is 2.58 bits per heavy atom. The Labute approximate surface area is 242 Å². The third kappa shape index (κ3) is 5.30. The van der Waals surface area contributed by atoms with Crippen molar-refractivity contribution in [1.29, 1.82) is 0 Å². The molecule has 0 radical (unpaired) electrons. The molecule has 1 saturated heterocycles. The minimum atomic E-state index is -0.984. The van der Waals surface area contributed by atoms with Crippen LogP contribution < -0.4 is 15.5 Å². The van der Waals surface area contributed by atoms with Gasteiger partial charge in [-0.1, -0.05) is 37.6 Å². The average molecular weight is 575 g/mol. The number of aryl methyl sites for hydroxylation is 1. The fourth-order valence-electron chi connectivity index (χ4n) is 4.68. The molecule has 1 amide bonds. The number of carbonyl (C=O) groups is 2. The van der Waals surface area contributed by atoms with Crippen molar-refractivity contribution >= 4 is 52.2 Å². The molecule has 1 aliphatic rings. The van der Waals surface area contributed by atoms with Crippen LogP contribution in [0.3, 0.4) is 0 Å². The van der Waals surface area contributed by atoms with Crippen LogP contribution >= 0.6 is 23.8 Å². The van der Waals surface area contributed by atoms with Gasteiger partial charge in [-0.2, -0.15) is 0 Å². The number of pyridine rings is 1. The molecule has 40 heavy (non-hydrogen) atoms. The van der Waals surface area contributed by atoms with Gasteiger partial charge in [0.15, 0.2) is 5.11 Å². The van der Waals surface area contributed by atoms with Crippen molar-refractivity contribution in [3.63, 3.8) is 0 Å². The molecular weight excluding hydrogens is 548 g/mol. The van der Waals surface area contributed by atoms with Crippen LogP contribution in [0.1, 0.15) is 53.3 Å². The van der Waals surface area contributed by atoms with E-state index in [1.165, 1.54) is 0 Å². The zero-order chi connectivity index (χ0) is 28.6. The molecule has 204 valence electrons. The number of thiocarbonyl (C=S) groups is 1. The van der Waals surface area contributed by atoms with Gasteiger partial charge in [-0.15, -0.1) is 0 Å². The lowest BCUT2D eigenvalue weighted by atomic mass is 10.0. The predicted octanol–water partition coefficient (Wildman–Crippen LogP) is 6.77. The second-order valence-corrected chi connectivity index (χ2v) is 10.6. The van der Waals surface area contributed by atoms with E-state index >= 15 is 0 Å². The number of carboxylic acid groups (broad SMARTS) is 1. The van der Waals surface area contributed by atoms with Gasteiger partial charge in [0.2, 0.25) is 5.91 Å².